The summed E-state index contributed by atoms with van der Waals surface area (Å²) in [7, 11) is 0. The van der Waals surface area contributed by atoms with E-state index < -0.39 is 0 Å². The minimum Gasteiger partial charge on any atom is -0.486 e. The van der Waals surface area contributed by atoms with Crippen LogP contribution in [0.2, 0.25) is 10.0 Å². The van der Waals surface area contributed by atoms with E-state index in [9.17, 15) is 4.79 Å². The lowest BCUT2D eigenvalue weighted by Gasteiger charge is -2.20. The number of halogens is 2. The molecule has 4 nitrogen and oxygen atoms in total. The highest BCUT2D eigenvalue weighted by molar-refractivity contribution is 8.00. The van der Waals surface area contributed by atoms with Crippen LogP contribution in [0, 0.1) is 0 Å². The molecule has 0 aromatic heterocycles. The maximum Gasteiger partial charge on any atom is 0.230 e. The number of rotatable bonds is 6. The van der Waals surface area contributed by atoms with E-state index in [1.165, 1.54) is 11.8 Å². The van der Waals surface area contributed by atoms with Crippen molar-refractivity contribution in [2.75, 3.05) is 25.5 Å². The summed E-state index contributed by atoms with van der Waals surface area (Å²) in [4.78, 5) is 12.9. The molecule has 0 bridgehead atoms. The Balaban J connectivity index is 1.47. The number of ether oxygens (including phenoxy) is 2. The second-order valence-electron chi connectivity index (χ2n) is 5.42. The molecule has 0 unspecified atom stereocenters. The largest absolute Gasteiger partial charge is 0.486 e. The third-order valence-electron chi connectivity index (χ3n) is 3.59. The SMILES string of the molecule is O=C(CSc1ccccc1Cl)NCCc1cc(Cl)c2c(c1)OCCO2. The molecule has 1 aliphatic rings. The highest BCUT2D eigenvalue weighted by Gasteiger charge is 2.16. The van der Waals surface area contributed by atoms with E-state index >= 15 is 0 Å². The first-order valence-electron chi connectivity index (χ1n) is 7.85. The molecule has 0 fully saturated rings. The van der Waals surface area contributed by atoms with Gasteiger partial charge in [0.2, 0.25) is 5.91 Å². The summed E-state index contributed by atoms with van der Waals surface area (Å²) in [6, 6.07) is 11.2. The van der Waals surface area contributed by atoms with Gasteiger partial charge in [0.25, 0.3) is 0 Å². The number of hydrogen-bond acceptors (Lipinski definition) is 4. The number of nitrogens with one attached hydrogen (secondary N) is 1. The monoisotopic (exact) mass is 397 g/mol. The third-order valence-corrected chi connectivity index (χ3v) is 5.38. The second kappa shape index (κ2) is 8.70. The van der Waals surface area contributed by atoms with E-state index in [2.05, 4.69) is 5.32 Å². The van der Waals surface area contributed by atoms with Crippen molar-refractivity contribution in [3.8, 4) is 11.5 Å². The summed E-state index contributed by atoms with van der Waals surface area (Å²) in [5.74, 6) is 1.55. The van der Waals surface area contributed by atoms with Crippen LogP contribution in [0.4, 0.5) is 0 Å². The van der Waals surface area contributed by atoms with E-state index in [4.69, 9.17) is 32.7 Å². The Kier molecular flexibility index (Phi) is 6.34. The summed E-state index contributed by atoms with van der Waals surface area (Å²) < 4.78 is 11.1. The van der Waals surface area contributed by atoms with Gasteiger partial charge in [0, 0.05) is 11.4 Å². The molecule has 0 saturated heterocycles. The predicted octanol–water partition coefficient (Wildman–Crippen LogP) is 4.22. The number of carbonyl (C=O) groups excluding carboxylic acids is 1. The summed E-state index contributed by atoms with van der Waals surface area (Å²) in [5.41, 5.74) is 0.994. The molecule has 2 aromatic carbocycles. The second-order valence-corrected chi connectivity index (χ2v) is 7.25. The van der Waals surface area contributed by atoms with E-state index in [1.807, 2.05) is 36.4 Å². The smallest absolute Gasteiger partial charge is 0.230 e. The molecule has 25 heavy (non-hydrogen) atoms. The topological polar surface area (TPSA) is 47.6 Å². The normalized spacial score (nSPS) is 12.7. The number of hydrogen-bond donors (Lipinski definition) is 1. The fourth-order valence-corrected chi connectivity index (χ4v) is 3.77. The van der Waals surface area contributed by atoms with Crippen LogP contribution in [0.1, 0.15) is 5.56 Å². The van der Waals surface area contributed by atoms with Crippen LogP contribution in [0.25, 0.3) is 0 Å². The molecule has 0 spiro atoms. The zero-order valence-electron chi connectivity index (χ0n) is 13.4. The zero-order chi connectivity index (χ0) is 17.6. The fraction of sp³-hybridized carbons (Fsp3) is 0.278. The van der Waals surface area contributed by atoms with Gasteiger partial charge in [-0.05, 0) is 36.2 Å². The lowest BCUT2D eigenvalue weighted by atomic mass is 10.1. The van der Waals surface area contributed by atoms with E-state index in [1.54, 1.807) is 0 Å². The molecular weight excluding hydrogens is 381 g/mol. The van der Waals surface area contributed by atoms with Gasteiger partial charge in [-0.25, -0.2) is 0 Å². The molecule has 0 radical (unpaired) electrons. The molecule has 0 aliphatic carbocycles. The maximum atomic E-state index is 12.0. The van der Waals surface area contributed by atoms with Crippen molar-refractivity contribution in [1.29, 1.82) is 0 Å². The van der Waals surface area contributed by atoms with Gasteiger partial charge < -0.3 is 14.8 Å². The summed E-state index contributed by atoms with van der Waals surface area (Å²) in [6.45, 7) is 1.55. The number of thioether (sulfide) groups is 1. The van der Waals surface area contributed by atoms with Crippen LogP contribution < -0.4 is 14.8 Å². The number of carbonyl (C=O) groups is 1. The van der Waals surface area contributed by atoms with Crippen LogP contribution >= 0.6 is 35.0 Å². The van der Waals surface area contributed by atoms with Gasteiger partial charge in [-0.2, -0.15) is 0 Å². The van der Waals surface area contributed by atoms with Crippen LogP contribution in [-0.2, 0) is 11.2 Å². The van der Waals surface area contributed by atoms with Crippen molar-refractivity contribution in [1.82, 2.24) is 5.32 Å². The van der Waals surface area contributed by atoms with Crippen LogP contribution in [-0.4, -0.2) is 31.4 Å². The van der Waals surface area contributed by atoms with Gasteiger partial charge in [-0.15, -0.1) is 11.8 Å². The molecule has 0 atom stereocenters. The predicted molar refractivity (Wildman–Crippen MR) is 101 cm³/mol. The molecule has 1 heterocycles. The van der Waals surface area contributed by atoms with Crippen molar-refractivity contribution in [3.63, 3.8) is 0 Å². The lowest BCUT2D eigenvalue weighted by Crippen LogP contribution is -2.27. The van der Waals surface area contributed by atoms with Crippen molar-refractivity contribution < 1.29 is 14.3 Å². The molecule has 3 rings (SSSR count). The van der Waals surface area contributed by atoms with Gasteiger partial charge in [-0.1, -0.05) is 35.3 Å². The quantitative estimate of drug-likeness (QED) is 0.741. The Morgan fingerprint density at radius 3 is 2.76 bits per heavy atom. The van der Waals surface area contributed by atoms with Crippen LogP contribution in [0.3, 0.4) is 0 Å². The van der Waals surface area contributed by atoms with Crippen LogP contribution in [0.5, 0.6) is 11.5 Å². The van der Waals surface area contributed by atoms with Crippen molar-refractivity contribution >= 4 is 40.9 Å². The molecule has 1 aliphatic heterocycles. The first-order valence-corrected chi connectivity index (χ1v) is 9.59. The minimum atomic E-state index is -0.0337. The number of benzene rings is 2. The first kappa shape index (κ1) is 18.2. The Bertz CT molecular complexity index is 770. The van der Waals surface area contributed by atoms with Gasteiger partial charge >= 0.3 is 0 Å². The molecule has 2 aromatic rings. The Labute approximate surface area is 160 Å². The van der Waals surface area contributed by atoms with E-state index in [0.717, 1.165) is 10.5 Å². The third kappa shape index (κ3) is 4.97. The average Bonchev–Trinajstić information content (AvgIpc) is 2.61. The van der Waals surface area contributed by atoms with Crippen molar-refractivity contribution in [2.45, 2.75) is 11.3 Å². The highest BCUT2D eigenvalue weighted by atomic mass is 35.5. The van der Waals surface area contributed by atoms with Gasteiger partial charge in [0.15, 0.2) is 11.5 Å². The Morgan fingerprint density at radius 1 is 1.12 bits per heavy atom. The maximum absolute atomic E-state index is 12.0. The number of fused-ring (bicyclic) bond motifs is 1. The first-order chi connectivity index (χ1) is 12.1. The lowest BCUT2D eigenvalue weighted by molar-refractivity contribution is -0.118. The molecule has 0 saturated carbocycles. The fourth-order valence-electron chi connectivity index (χ4n) is 2.41. The van der Waals surface area contributed by atoms with Crippen LogP contribution in [0.15, 0.2) is 41.3 Å². The summed E-state index contributed by atoms with van der Waals surface area (Å²) in [5, 5.41) is 4.10. The van der Waals surface area contributed by atoms with Gasteiger partial charge in [0.05, 0.1) is 15.8 Å². The molecule has 1 N–H and O–H groups in total. The minimum absolute atomic E-state index is 0.0337. The molecule has 132 valence electrons. The van der Waals surface area contributed by atoms with Crippen molar-refractivity contribution in [3.05, 3.63) is 52.0 Å². The summed E-state index contributed by atoms with van der Waals surface area (Å²) >= 11 is 13.7. The van der Waals surface area contributed by atoms with E-state index in [-0.39, 0.29) is 5.91 Å². The zero-order valence-corrected chi connectivity index (χ0v) is 15.7. The van der Waals surface area contributed by atoms with Gasteiger partial charge in [0.1, 0.15) is 13.2 Å². The van der Waals surface area contributed by atoms with Crippen molar-refractivity contribution in [2.24, 2.45) is 0 Å². The highest BCUT2D eigenvalue weighted by Crippen LogP contribution is 2.38. The number of amides is 1. The Hall–Kier alpha value is -1.56. The molecule has 7 heteroatoms. The summed E-state index contributed by atoms with van der Waals surface area (Å²) in [6.07, 6.45) is 0.666. The average molecular weight is 398 g/mol. The standard InChI is InChI=1S/C18H17Cl2NO3S/c19-13-3-1-2-4-16(13)25-11-17(22)21-6-5-12-9-14(20)18-15(10-12)23-7-8-24-18/h1-4,9-10H,5-8,11H2,(H,21,22). The molecule has 1 amide bonds. The van der Waals surface area contributed by atoms with Gasteiger partial charge in [-0.3, -0.25) is 4.79 Å². The molecular formula is C18H17Cl2NO3S. The Morgan fingerprint density at radius 2 is 1.92 bits per heavy atom. The van der Waals surface area contributed by atoms with E-state index in [0.29, 0.717) is 53.5 Å².